The number of nitrogens with two attached hydrogens (primary N) is 1. The van der Waals surface area contributed by atoms with Crippen LogP contribution in [0.1, 0.15) is 12.5 Å². The molecular formula is C19H25IN4O2. The van der Waals surface area contributed by atoms with E-state index < -0.39 is 0 Å². The summed E-state index contributed by atoms with van der Waals surface area (Å²) >= 11 is 0. The number of ether oxygens (including phenoxy) is 1. The number of rotatable bonds is 7. The number of likely N-dealkylation sites (N-methyl/N-ethyl adjacent to an activating group) is 1. The molecule has 0 saturated heterocycles. The van der Waals surface area contributed by atoms with Crippen LogP contribution in [0.15, 0.2) is 59.6 Å². The summed E-state index contributed by atoms with van der Waals surface area (Å²) < 4.78 is 5.10. The third kappa shape index (κ3) is 6.91. The minimum Gasteiger partial charge on any atom is -0.497 e. The van der Waals surface area contributed by atoms with Gasteiger partial charge in [-0.15, -0.1) is 24.0 Å². The largest absolute Gasteiger partial charge is 0.497 e. The van der Waals surface area contributed by atoms with Gasteiger partial charge < -0.3 is 20.7 Å². The van der Waals surface area contributed by atoms with E-state index in [1.165, 1.54) is 0 Å². The van der Waals surface area contributed by atoms with Crippen LogP contribution in [0.2, 0.25) is 0 Å². The first-order valence-corrected chi connectivity index (χ1v) is 8.15. The molecule has 0 aliphatic rings. The minimum atomic E-state index is -0.0640. The van der Waals surface area contributed by atoms with Crippen LogP contribution in [0.3, 0.4) is 0 Å². The Kier molecular flexibility index (Phi) is 9.50. The van der Waals surface area contributed by atoms with Gasteiger partial charge in [-0.2, -0.15) is 0 Å². The molecule has 2 aromatic carbocycles. The standard InChI is InChI=1S/C19H24N4O2.HI/c1-3-23(14-15-7-5-4-6-8-15)18(24)13-21-19(20)22-16-9-11-17(25-2)12-10-16;/h4-12H,3,13-14H2,1-2H3,(H3,20,21,22);1H. The summed E-state index contributed by atoms with van der Waals surface area (Å²) in [5.74, 6) is 0.899. The molecule has 2 aromatic rings. The highest BCUT2D eigenvalue weighted by atomic mass is 127. The van der Waals surface area contributed by atoms with Crippen molar-refractivity contribution in [1.82, 2.24) is 4.90 Å². The molecule has 0 saturated carbocycles. The molecule has 0 unspecified atom stereocenters. The Morgan fingerprint density at radius 1 is 1.15 bits per heavy atom. The highest BCUT2D eigenvalue weighted by molar-refractivity contribution is 14.0. The number of carbonyl (C=O) groups excluding carboxylic acids is 1. The Morgan fingerprint density at radius 2 is 1.81 bits per heavy atom. The van der Waals surface area contributed by atoms with Gasteiger partial charge in [-0.3, -0.25) is 4.79 Å². The number of benzene rings is 2. The van der Waals surface area contributed by atoms with Crippen molar-refractivity contribution in [3.05, 3.63) is 60.2 Å². The molecule has 0 atom stereocenters. The molecule has 7 heteroatoms. The fourth-order valence-corrected chi connectivity index (χ4v) is 2.29. The van der Waals surface area contributed by atoms with Crippen LogP contribution >= 0.6 is 24.0 Å². The van der Waals surface area contributed by atoms with Gasteiger partial charge in [0.1, 0.15) is 12.3 Å². The highest BCUT2D eigenvalue weighted by Crippen LogP contribution is 2.14. The summed E-state index contributed by atoms with van der Waals surface area (Å²) in [6.07, 6.45) is 0. The van der Waals surface area contributed by atoms with Crippen molar-refractivity contribution >= 4 is 41.5 Å². The first kappa shape index (κ1) is 21.8. The summed E-state index contributed by atoms with van der Waals surface area (Å²) in [7, 11) is 1.61. The number of nitrogens with one attached hydrogen (secondary N) is 1. The Labute approximate surface area is 171 Å². The van der Waals surface area contributed by atoms with Gasteiger partial charge in [-0.25, -0.2) is 4.99 Å². The van der Waals surface area contributed by atoms with E-state index >= 15 is 0 Å². The zero-order chi connectivity index (χ0) is 18.1. The maximum Gasteiger partial charge on any atom is 0.244 e. The molecule has 0 fully saturated rings. The zero-order valence-electron chi connectivity index (χ0n) is 15.0. The van der Waals surface area contributed by atoms with Gasteiger partial charge in [0, 0.05) is 18.8 Å². The second kappa shape index (κ2) is 11.3. The van der Waals surface area contributed by atoms with Gasteiger partial charge in [-0.05, 0) is 36.8 Å². The maximum absolute atomic E-state index is 12.3. The Balaban J connectivity index is 0.00000338. The molecule has 2 rings (SSSR count). The smallest absolute Gasteiger partial charge is 0.244 e. The maximum atomic E-state index is 12.3. The molecule has 0 aromatic heterocycles. The molecule has 0 bridgehead atoms. The predicted molar refractivity (Wildman–Crippen MR) is 116 cm³/mol. The molecule has 0 heterocycles. The van der Waals surface area contributed by atoms with Gasteiger partial charge in [0.15, 0.2) is 5.96 Å². The third-order valence-electron chi connectivity index (χ3n) is 3.70. The Hall–Kier alpha value is -2.29. The summed E-state index contributed by atoms with van der Waals surface area (Å²) in [5.41, 5.74) is 7.73. The van der Waals surface area contributed by atoms with Crippen LogP contribution in [-0.4, -0.2) is 37.0 Å². The van der Waals surface area contributed by atoms with Crippen LogP contribution in [0.25, 0.3) is 0 Å². The third-order valence-corrected chi connectivity index (χ3v) is 3.70. The van der Waals surface area contributed by atoms with Crippen molar-refractivity contribution in [2.45, 2.75) is 13.5 Å². The number of halogens is 1. The summed E-state index contributed by atoms with van der Waals surface area (Å²) in [5, 5.41) is 2.96. The average Bonchev–Trinajstić information content (AvgIpc) is 2.65. The van der Waals surface area contributed by atoms with Gasteiger partial charge in [0.05, 0.1) is 7.11 Å². The number of carbonyl (C=O) groups is 1. The lowest BCUT2D eigenvalue weighted by Crippen LogP contribution is -2.33. The minimum absolute atomic E-state index is 0. The van der Waals surface area contributed by atoms with Crippen molar-refractivity contribution in [2.24, 2.45) is 10.7 Å². The molecule has 0 aliphatic heterocycles. The molecule has 0 radical (unpaired) electrons. The molecule has 0 spiro atoms. The Bertz CT molecular complexity index is 705. The van der Waals surface area contributed by atoms with Crippen molar-refractivity contribution in [3.63, 3.8) is 0 Å². The molecule has 140 valence electrons. The molecular weight excluding hydrogens is 443 g/mol. The zero-order valence-corrected chi connectivity index (χ0v) is 17.3. The molecule has 26 heavy (non-hydrogen) atoms. The number of methoxy groups -OCH3 is 1. The average molecular weight is 468 g/mol. The van der Waals surface area contributed by atoms with Crippen LogP contribution in [0.5, 0.6) is 5.75 Å². The number of nitrogens with zero attached hydrogens (tertiary/aromatic N) is 2. The lowest BCUT2D eigenvalue weighted by molar-refractivity contribution is -0.130. The molecule has 3 N–H and O–H groups in total. The Morgan fingerprint density at radius 3 is 2.38 bits per heavy atom. The molecule has 1 amide bonds. The van der Waals surface area contributed by atoms with E-state index in [9.17, 15) is 4.79 Å². The topological polar surface area (TPSA) is 80.0 Å². The molecule has 6 nitrogen and oxygen atoms in total. The van der Waals surface area contributed by atoms with Crippen molar-refractivity contribution < 1.29 is 9.53 Å². The van der Waals surface area contributed by atoms with Crippen molar-refractivity contribution in [1.29, 1.82) is 0 Å². The first-order valence-electron chi connectivity index (χ1n) is 8.15. The van der Waals surface area contributed by atoms with Crippen LogP contribution in [0, 0.1) is 0 Å². The quantitative estimate of drug-likeness (QED) is 0.372. The monoisotopic (exact) mass is 468 g/mol. The SMILES string of the molecule is CCN(Cc1ccccc1)C(=O)CN=C(N)Nc1ccc(OC)cc1.I. The second-order valence-electron chi connectivity index (χ2n) is 5.45. The summed E-state index contributed by atoms with van der Waals surface area (Å²) in [6, 6.07) is 17.2. The van der Waals surface area contributed by atoms with Gasteiger partial charge in [-0.1, -0.05) is 30.3 Å². The number of guanidine groups is 1. The van der Waals surface area contributed by atoms with E-state index in [1.54, 1.807) is 12.0 Å². The van der Waals surface area contributed by atoms with Crippen molar-refractivity contribution in [3.8, 4) is 5.75 Å². The first-order chi connectivity index (χ1) is 12.1. The molecule has 0 aliphatic carbocycles. The van der Waals surface area contributed by atoms with E-state index in [0.29, 0.717) is 13.1 Å². The number of amides is 1. The van der Waals surface area contributed by atoms with Crippen molar-refractivity contribution in [2.75, 3.05) is 25.5 Å². The normalized spacial score (nSPS) is 10.6. The fraction of sp³-hybridized carbons (Fsp3) is 0.263. The van der Waals surface area contributed by atoms with E-state index in [1.807, 2.05) is 61.5 Å². The van der Waals surface area contributed by atoms with E-state index in [-0.39, 0.29) is 42.4 Å². The number of aliphatic imine (C=N–C) groups is 1. The predicted octanol–water partition coefficient (Wildman–Crippen LogP) is 3.09. The lowest BCUT2D eigenvalue weighted by atomic mass is 10.2. The van der Waals surface area contributed by atoms with E-state index in [4.69, 9.17) is 10.5 Å². The fourth-order valence-electron chi connectivity index (χ4n) is 2.29. The lowest BCUT2D eigenvalue weighted by Gasteiger charge is -2.20. The number of anilines is 1. The number of hydrogen-bond acceptors (Lipinski definition) is 3. The van der Waals surface area contributed by atoms with Crippen LogP contribution in [0.4, 0.5) is 5.69 Å². The second-order valence-corrected chi connectivity index (χ2v) is 5.45. The van der Waals surface area contributed by atoms with E-state index in [2.05, 4.69) is 10.3 Å². The van der Waals surface area contributed by atoms with Crippen LogP contribution in [-0.2, 0) is 11.3 Å². The van der Waals surface area contributed by atoms with Gasteiger partial charge in [0.25, 0.3) is 0 Å². The van der Waals surface area contributed by atoms with E-state index in [0.717, 1.165) is 17.0 Å². The summed E-state index contributed by atoms with van der Waals surface area (Å²) in [6.45, 7) is 3.14. The van der Waals surface area contributed by atoms with Crippen LogP contribution < -0.4 is 15.8 Å². The van der Waals surface area contributed by atoms with Gasteiger partial charge in [0.2, 0.25) is 5.91 Å². The summed E-state index contributed by atoms with van der Waals surface area (Å²) in [4.78, 5) is 18.2. The highest BCUT2D eigenvalue weighted by Gasteiger charge is 2.11. The number of hydrogen-bond donors (Lipinski definition) is 2. The van der Waals surface area contributed by atoms with Gasteiger partial charge >= 0.3 is 0 Å².